The van der Waals surface area contributed by atoms with Crippen molar-refractivity contribution in [1.29, 1.82) is 0 Å². The van der Waals surface area contributed by atoms with Gasteiger partial charge in [0.2, 0.25) is 0 Å². The molecule has 0 radical (unpaired) electrons. The van der Waals surface area contributed by atoms with Crippen molar-refractivity contribution in [2.45, 2.75) is 13.8 Å². The summed E-state index contributed by atoms with van der Waals surface area (Å²) in [5.41, 5.74) is 3.41. The highest BCUT2D eigenvalue weighted by Gasteiger charge is 2.15. The predicted octanol–water partition coefficient (Wildman–Crippen LogP) is 6.00. The van der Waals surface area contributed by atoms with E-state index in [9.17, 15) is 9.59 Å². The van der Waals surface area contributed by atoms with Gasteiger partial charge in [-0.25, -0.2) is 4.98 Å². The summed E-state index contributed by atoms with van der Waals surface area (Å²) in [5.74, 6) is 0.468. The SMILES string of the molecule is CCOc1ccc(-c2nc(NC(=O)c3ccc(C(=O)c4ccccc4)cc3)sc2C)cc1. The number of carbonyl (C=O) groups is 2. The van der Waals surface area contributed by atoms with Crippen molar-refractivity contribution in [2.75, 3.05) is 11.9 Å². The summed E-state index contributed by atoms with van der Waals surface area (Å²) in [6.07, 6.45) is 0. The van der Waals surface area contributed by atoms with Crippen molar-refractivity contribution in [1.82, 2.24) is 4.98 Å². The Bertz CT molecular complexity index is 1230. The van der Waals surface area contributed by atoms with E-state index >= 15 is 0 Å². The number of carbonyl (C=O) groups excluding carboxylic acids is 2. The van der Waals surface area contributed by atoms with Crippen LogP contribution < -0.4 is 10.1 Å². The van der Waals surface area contributed by atoms with Gasteiger partial charge in [-0.05, 0) is 50.2 Å². The van der Waals surface area contributed by atoms with Gasteiger partial charge in [0, 0.05) is 27.1 Å². The van der Waals surface area contributed by atoms with E-state index in [0.29, 0.717) is 28.4 Å². The van der Waals surface area contributed by atoms with Gasteiger partial charge in [0.1, 0.15) is 5.75 Å². The minimum atomic E-state index is -0.268. The van der Waals surface area contributed by atoms with Crippen LogP contribution in [0.15, 0.2) is 78.9 Å². The fourth-order valence-electron chi connectivity index (χ4n) is 3.29. The van der Waals surface area contributed by atoms with E-state index in [4.69, 9.17) is 4.74 Å². The summed E-state index contributed by atoms with van der Waals surface area (Å²) < 4.78 is 5.49. The Morgan fingerprint density at radius 1 is 0.875 bits per heavy atom. The van der Waals surface area contributed by atoms with Crippen molar-refractivity contribution < 1.29 is 14.3 Å². The summed E-state index contributed by atoms with van der Waals surface area (Å²) in [5, 5.41) is 3.39. The van der Waals surface area contributed by atoms with Crippen molar-refractivity contribution in [3.63, 3.8) is 0 Å². The molecular formula is C26H22N2O3S. The van der Waals surface area contributed by atoms with Crippen LogP contribution in [-0.4, -0.2) is 23.3 Å². The van der Waals surface area contributed by atoms with Gasteiger partial charge in [-0.2, -0.15) is 0 Å². The minimum absolute atomic E-state index is 0.0758. The van der Waals surface area contributed by atoms with Gasteiger partial charge >= 0.3 is 0 Å². The van der Waals surface area contributed by atoms with E-state index in [1.807, 2.05) is 56.3 Å². The average Bonchev–Trinajstić information content (AvgIpc) is 3.19. The number of thiazole rings is 1. The predicted molar refractivity (Wildman–Crippen MR) is 128 cm³/mol. The van der Waals surface area contributed by atoms with Crippen molar-refractivity contribution >= 4 is 28.2 Å². The highest BCUT2D eigenvalue weighted by atomic mass is 32.1. The molecule has 0 bridgehead atoms. The first kappa shape index (κ1) is 21.5. The fourth-order valence-corrected chi connectivity index (χ4v) is 4.12. The van der Waals surface area contributed by atoms with Gasteiger partial charge in [0.25, 0.3) is 5.91 Å². The zero-order chi connectivity index (χ0) is 22.5. The van der Waals surface area contributed by atoms with Crippen LogP contribution in [-0.2, 0) is 0 Å². The highest BCUT2D eigenvalue weighted by molar-refractivity contribution is 7.16. The molecule has 1 heterocycles. The lowest BCUT2D eigenvalue weighted by Gasteiger charge is -2.05. The number of ether oxygens (including phenoxy) is 1. The second kappa shape index (κ2) is 9.58. The van der Waals surface area contributed by atoms with Crippen LogP contribution in [0.4, 0.5) is 5.13 Å². The van der Waals surface area contributed by atoms with Crippen LogP contribution in [0.3, 0.4) is 0 Å². The number of aryl methyl sites for hydroxylation is 1. The van der Waals surface area contributed by atoms with Gasteiger partial charge in [-0.15, -0.1) is 11.3 Å². The van der Waals surface area contributed by atoms with Crippen LogP contribution >= 0.6 is 11.3 Å². The van der Waals surface area contributed by atoms with Crippen molar-refractivity contribution in [2.24, 2.45) is 0 Å². The Kier molecular flexibility index (Phi) is 6.42. The number of rotatable bonds is 7. The first-order chi connectivity index (χ1) is 15.5. The van der Waals surface area contributed by atoms with E-state index in [2.05, 4.69) is 10.3 Å². The third kappa shape index (κ3) is 4.76. The van der Waals surface area contributed by atoms with E-state index in [1.165, 1.54) is 11.3 Å². The number of amides is 1. The first-order valence-corrected chi connectivity index (χ1v) is 11.1. The number of ketones is 1. The summed E-state index contributed by atoms with van der Waals surface area (Å²) >= 11 is 1.42. The molecule has 0 aliphatic carbocycles. The Morgan fingerprint density at radius 2 is 1.50 bits per heavy atom. The maximum absolute atomic E-state index is 12.7. The summed E-state index contributed by atoms with van der Waals surface area (Å²) in [6.45, 7) is 4.54. The lowest BCUT2D eigenvalue weighted by Crippen LogP contribution is -2.12. The highest BCUT2D eigenvalue weighted by Crippen LogP contribution is 2.31. The van der Waals surface area contributed by atoms with Gasteiger partial charge < -0.3 is 4.74 Å². The van der Waals surface area contributed by atoms with Crippen molar-refractivity contribution in [3.8, 4) is 17.0 Å². The molecule has 1 N–H and O–H groups in total. The van der Waals surface area contributed by atoms with E-state index in [0.717, 1.165) is 21.9 Å². The topological polar surface area (TPSA) is 68.3 Å². The van der Waals surface area contributed by atoms with E-state index in [1.54, 1.807) is 36.4 Å². The summed E-state index contributed by atoms with van der Waals surface area (Å²) in [6, 6.07) is 23.4. The molecule has 1 aromatic heterocycles. The van der Waals surface area contributed by atoms with Gasteiger partial charge in [0.15, 0.2) is 10.9 Å². The van der Waals surface area contributed by atoms with Gasteiger partial charge in [-0.1, -0.05) is 42.5 Å². The van der Waals surface area contributed by atoms with Crippen LogP contribution in [0.2, 0.25) is 0 Å². The standard InChI is InChI=1S/C26H22N2O3S/c1-3-31-22-15-13-18(14-16-22)23-17(2)32-26(27-23)28-25(30)21-11-9-20(10-12-21)24(29)19-7-5-4-6-8-19/h4-16H,3H2,1-2H3,(H,27,28,30). The molecule has 0 aliphatic heterocycles. The Balaban J connectivity index is 1.46. The van der Waals surface area contributed by atoms with Crippen molar-refractivity contribution in [3.05, 3.63) is 100 Å². The Hall–Kier alpha value is -3.77. The van der Waals surface area contributed by atoms with Crippen LogP contribution in [0, 0.1) is 6.92 Å². The number of hydrogen-bond acceptors (Lipinski definition) is 5. The van der Waals surface area contributed by atoms with E-state index < -0.39 is 0 Å². The number of nitrogens with one attached hydrogen (secondary N) is 1. The van der Waals surface area contributed by atoms with E-state index in [-0.39, 0.29) is 11.7 Å². The number of hydrogen-bond donors (Lipinski definition) is 1. The molecule has 0 unspecified atom stereocenters. The second-order valence-corrected chi connectivity index (χ2v) is 8.31. The smallest absolute Gasteiger partial charge is 0.257 e. The molecule has 0 saturated heterocycles. The number of benzene rings is 3. The zero-order valence-corrected chi connectivity index (χ0v) is 18.6. The average molecular weight is 443 g/mol. The molecule has 0 atom stereocenters. The molecule has 4 aromatic rings. The maximum Gasteiger partial charge on any atom is 0.257 e. The number of aromatic nitrogens is 1. The molecule has 6 heteroatoms. The third-order valence-corrected chi connectivity index (χ3v) is 5.79. The third-order valence-electron chi connectivity index (χ3n) is 4.90. The van der Waals surface area contributed by atoms with Gasteiger partial charge in [-0.3, -0.25) is 14.9 Å². The minimum Gasteiger partial charge on any atom is -0.494 e. The number of nitrogens with zero attached hydrogens (tertiary/aromatic N) is 1. The fraction of sp³-hybridized carbons (Fsp3) is 0.115. The quantitative estimate of drug-likeness (QED) is 0.356. The van der Waals surface area contributed by atoms with Crippen LogP contribution in [0.5, 0.6) is 5.75 Å². The molecule has 0 aliphatic rings. The lowest BCUT2D eigenvalue weighted by molar-refractivity contribution is 0.102. The summed E-state index contributed by atoms with van der Waals surface area (Å²) in [7, 11) is 0. The molecule has 0 spiro atoms. The lowest BCUT2D eigenvalue weighted by atomic mass is 10.0. The Morgan fingerprint density at radius 3 is 2.16 bits per heavy atom. The maximum atomic E-state index is 12.7. The molecule has 160 valence electrons. The molecule has 4 rings (SSSR count). The van der Waals surface area contributed by atoms with Crippen LogP contribution in [0.1, 0.15) is 38.1 Å². The van der Waals surface area contributed by atoms with Gasteiger partial charge in [0.05, 0.1) is 12.3 Å². The number of anilines is 1. The molecule has 0 fully saturated rings. The van der Waals surface area contributed by atoms with Crippen LogP contribution in [0.25, 0.3) is 11.3 Å². The molecule has 3 aromatic carbocycles. The molecule has 32 heavy (non-hydrogen) atoms. The second-order valence-electron chi connectivity index (χ2n) is 7.11. The monoisotopic (exact) mass is 442 g/mol. The first-order valence-electron chi connectivity index (χ1n) is 10.3. The largest absolute Gasteiger partial charge is 0.494 e. The Labute approximate surface area is 190 Å². The summed E-state index contributed by atoms with van der Waals surface area (Å²) in [4.78, 5) is 30.8. The molecule has 5 nitrogen and oxygen atoms in total. The normalized spacial score (nSPS) is 10.6. The molecular weight excluding hydrogens is 420 g/mol. The molecule has 1 amide bonds. The zero-order valence-electron chi connectivity index (χ0n) is 17.8. The molecule has 0 saturated carbocycles.